The Morgan fingerprint density at radius 3 is 2.00 bits per heavy atom. The van der Waals surface area contributed by atoms with Gasteiger partial charge in [-0.1, -0.05) is 104 Å². The van der Waals surface area contributed by atoms with E-state index in [0.29, 0.717) is 17.8 Å². The minimum Gasteiger partial charge on any atom is -0.387 e. The number of imidazole rings is 1. The van der Waals surface area contributed by atoms with Crippen molar-refractivity contribution < 1.29 is 19.7 Å². The third kappa shape index (κ3) is 6.61. The molecule has 4 atom stereocenters. The van der Waals surface area contributed by atoms with Crippen molar-refractivity contribution in [2.45, 2.75) is 55.0 Å². The number of thioether (sulfide) groups is 1. The van der Waals surface area contributed by atoms with Crippen molar-refractivity contribution in [1.82, 2.24) is 19.5 Å². The summed E-state index contributed by atoms with van der Waals surface area (Å²) in [7, 11) is 0. The van der Waals surface area contributed by atoms with Gasteiger partial charge in [-0.25, -0.2) is 15.0 Å². The zero-order chi connectivity index (χ0) is 31.1. The summed E-state index contributed by atoms with van der Waals surface area (Å²) in [4.78, 5) is 12.4. The highest BCUT2D eigenvalue weighted by Crippen LogP contribution is 2.48. The van der Waals surface area contributed by atoms with Crippen LogP contribution >= 0.6 is 11.8 Å². The largest absolute Gasteiger partial charge is 0.387 e. The van der Waals surface area contributed by atoms with Crippen LogP contribution in [0, 0.1) is 0 Å². The van der Waals surface area contributed by atoms with Crippen LogP contribution in [0.25, 0.3) is 11.2 Å². The van der Waals surface area contributed by atoms with Gasteiger partial charge in [-0.3, -0.25) is 4.57 Å². The quantitative estimate of drug-likeness (QED) is 0.111. The molecule has 0 bridgehead atoms. The molecule has 234 valence electrons. The van der Waals surface area contributed by atoms with E-state index in [4.69, 9.17) is 15.2 Å². The molecule has 0 aliphatic carbocycles. The Kier molecular flexibility index (Phi) is 10.1. The predicted molar refractivity (Wildman–Crippen MR) is 177 cm³/mol. The van der Waals surface area contributed by atoms with Gasteiger partial charge in [0.15, 0.2) is 17.7 Å². The summed E-state index contributed by atoms with van der Waals surface area (Å²) in [5.41, 5.74) is 10.6. The first kappa shape index (κ1) is 31.2. The van der Waals surface area contributed by atoms with Crippen LogP contribution in [0.5, 0.6) is 0 Å². The van der Waals surface area contributed by atoms with Gasteiger partial charge in [-0.2, -0.15) is 0 Å². The second kappa shape index (κ2) is 14.5. The molecule has 9 nitrogen and oxygen atoms in total. The number of anilines is 1. The van der Waals surface area contributed by atoms with E-state index in [0.717, 1.165) is 31.4 Å². The van der Waals surface area contributed by atoms with E-state index in [1.165, 1.54) is 29.3 Å². The van der Waals surface area contributed by atoms with Crippen molar-refractivity contribution in [2.75, 3.05) is 24.7 Å². The average Bonchev–Trinajstić information content (AvgIpc) is 3.64. The highest BCUT2D eigenvalue weighted by molar-refractivity contribution is 8.00. The van der Waals surface area contributed by atoms with Gasteiger partial charge in [0.25, 0.3) is 0 Å². The molecule has 0 unspecified atom stereocenters. The maximum absolute atomic E-state index is 10.7. The molecule has 2 aromatic heterocycles. The molecule has 1 aliphatic rings. The maximum atomic E-state index is 10.7. The third-order valence-corrected chi connectivity index (χ3v) is 9.96. The number of aliphatic hydroxyl groups is 2. The normalized spacial score (nSPS) is 20.1. The third-order valence-electron chi connectivity index (χ3n) is 8.32. The minimum atomic E-state index is -1.15. The number of fused-ring (bicyclic) bond motifs is 1. The van der Waals surface area contributed by atoms with E-state index in [-0.39, 0.29) is 17.2 Å². The standard InChI is InChI=1S/C35H39N5O4S/c36-32-29-33(38-23-37-32)40(24-39-29)34-31(42)30(41)28(44-34)22-43-20-12-1-2-13-21-45-35(25-14-6-3-7-15-25,26-16-8-4-9-17-26)27-18-10-5-11-19-27/h3-11,14-19,23-24,28,30-31,34,41-42H,1-2,12-13,20-22H2,(H2,36,37,38)/t28-,30-,31-,34-/m1/s1. The van der Waals surface area contributed by atoms with Crippen molar-refractivity contribution in [3.8, 4) is 0 Å². The van der Waals surface area contributed by atoms with Crippen molar-refractivity contribution in [3.63, 3.8) is 0 Å². The van der Waals surface area contributed by atoms with Crippen molar-refractivity contribution in [3.05, 3.63) is 120 Å². The minimum absolute atomic E-state index is 0.183. The van der Waals surface area contributed by atoms with Crippen LogP contribution in [0.1, 0.15) is 48.6 Å². The number of benzene rings is 3. The summed E-state index contributed by atoms with van der Waals surface area (Å²) in [6.45, 7) is 0.738. The molecule has 1 fully saturated rings. The van der Waals surface area contributed by atoms with Crippen LogP contribution in [-0.4, -0.2) is 67.0 Å². The Balaban J connectivity index is 0.984. The van der Waals surface area contributed by atoms with Gasteiger partial charge in [0.05, 0.1) is 17.7 Å². The second-order valence-corrected chi connectivity index (χ2v) is 12.6. The van der Waals surface area contributed by atoms with Gasteiger partial charge in [0.1, 0.15) is 30.2 Å². The van der Waals surface area contributed by atoms with Gasteiger partial charge < -0.3 is 25.4 Å². The van der Waals surface area contributed by atoms with Gasteiger partial charge in [0.2, 0.25) is 0 Å². The summed E-state index contributed by atoms with van der Waals surface area (Å²) < 4.78 is 13.1. The molecule has 4 N–H and O–H groups in total. The first-order valence-electron chi connectivity index (χ1n) is 15.4. The summed E-state index contributed by atoms with van der Waals surface area (Å²) in [5, 5.41) is 21.3. The number of aromatic nitrogens is 4. The molecule has 0 saturated carbocycles. The number of unbranched alkanes of at least 4 members (excludes halogenated alkanes) is 3. The molecule has 1 saturated heterocycles. The fraction of sp³-hybridized carbons (Fsp3) is 0.343. The molecule has 0 amide bonds. The molecule has 10 heteroatoms. The van der Waals surface area contributed by atoms with Gasteiger partial charge in [-0.05, 0) is 35.3 Å². The lowest BCUT2D eigenvalue weighted by molar-refractivity contribution is -0.0657. The molecule has 5 aromatic rings. The average molecular weight is 626 g/mol. The molecule has 3 heterocycles. The molecule has 1 aliphatic heterocycles. The number of ether oxygens (including phenoxy) is 2. The first-order chi connectivity index (χ1) is 22.1. The number of hydrogen-bond acceptors (Lipinski definition) is 9. The molecule has 3 aromatic carbocycles. The zero-order valence-electron chi connectivity index (χ0n) is 25.1. The van der Waals surface area contributed by atoms with E-state index in [9.17, 15) is 10.2 Å². The van der Waals surface area contributed by atoms with Crippen LogP contribution in [0.2, 0.25) is 0 Å². The number of nitrogens with two attached hydrogens (primary N) is 1. The Bertz CT molecular complexity index is 1540. The topological polar surface area (TPSA) is 129 Å². The smallest absolute Gasteiger partial charge is 0.167 e. The Hall–Kier alpha value is -3.80. The van der Waals surface area contributed by atoms with Crippen molar-refractivity contribution in [2.24, 2.45) is 0 Å². The van der Waals surface area contributed by atoms with E-state index >= 15 is 0 Å². The SMILES string of the molecule is Nc1ncnc2c1ncn2[C@@H]1O[C@H](COCCCCCCSC(c2ccccc2)(c2ccccc2)c2ccccc2)[C@@H](O)[C@H]1O. The maximum Gasteiger partial charge on any atom is 0.167 e. The molecular weight excluding hydrogens is 586 g/mol. The number of nitrogen functional groups attached to an aromatic ring is 1. The number of aliphatic hydroxyl groups excluding tert-OH is 2. The highest BCUT2D eigenvalue weighted by Gasteiger charge is 2.44. The van der Waals surface area contributed by atoms with E-state index in [1.807, 2.05) is 11.8 Å². The van der Waals surface area contributed by atoms with Crippen molar-refractivity contribution >= 4 is 28.7 Å². The van der Waals surface area contributed by atoms with E-state index in [2.05, 4.69) is 106 Å². The summed E-state index contributed by atoms with van der Waals surface area (Å²) in [6.07, 6.45) is 3.18. The van der Waals surface area contributed by atoms with Crippen molar-refractivity contribution in [1.29, 1.82) is 0 Å². The first-order valence-corrected chi connectivity index (χ1v) is 16.4. The van der Waals surface area contributed by atoms with Gasteiger partial charge >= 0.3 is 0 Å². The lowest BCUT2D eigenvalue weighted by Gasteiger charge is -2.35. The lowest BCUT2D eigenvalue weighted by atomic mass is 9.84. The van der Waals surface area contributed by atoms with Crippen LogP contribution < -0.4 is 5.73 Å². The van der Waals surface area contributed by atoms with Crippen LogP contribution in [0.4, 0.5) is 5.82 Å². The van der Waals surface area contributed by atoms with Gasteiger partial charge in [-0.15, -0.1) is 11.8 Å². The number of nitrogens with zero attached hydrogens (tertiary/aromatic N) is 4. The van der Waals surface area contributed by atoms with Gasteiger partial charge in [0, 0.05) is 6.61 Å². The summed E-state index contributed by atoms with van der Waals surface area (Å²) in [5.74, 6) is 1.26. The fourth-order valence-electron chi connectivity index (χ4n) is 6.01. The Morgan fingerprint density at radius 1 is 0.778 bits per heavy atom. The zero-order valence-corrected chi connectivity index (χ0v) is 25.9. The summed E-state index contributed by atoms with van der Waals surface area (Å²) in [6, 6.07) is 32.4. The number of rotatable bonds is 14. The Labute approximate surface area is 267 Å². The molecule has 45 heavy (non-hydrogen) atoms. The molecule has 0 spiro atoms. The monoisotopic (exact) mass is 625 g/mol. The Morgan fingerprint density at radius 2 is 1.38 bits per heavy atom. The summed E-state index contributed by atoms with van der Waals surface area (Å²) >= 11 is 1.99. The number of hydrogen-bond donors (Lipinski definition) is 3. The van der Waals surface area contributed by atoms with Crippen LogP contribution in [0.15, 0.2) is 104 Å². The highest BCUT2D eigenvalue weighted by atomic mass is 32.2. The van der Waals surface area contributed by atoms with Crippen LogP contribution in [0.3, 0.4) is 0 Å². The fourth-order valence-corrected chi connectivity index (χ4v) is 7.57. The molecule has 6 rings (SSSR count). The molecule has 0 radical (unpaired) electrons. The second-order valence-electron chi connectivity index (χ2n) is 11.2. The van der Waals surface area contributed by atoms with E-state index in [1.54, 1.807) is 4.57 Å². The molecular formula is C35H39N5O4S. The van der Waals surface area contributed by atoms with E-state index < -0.39 is 24.5 Å². The predicted octanol–water partition coefficient (Wildman–Crippen LogP) is 5.33. The van der Waals surface area contributed by atoms with Crippen LogP contribution in [-0.2, 0) is 14.2 Å². The lowest BCUT2D eigenvalue weighted by Crippen LogP contribution is -2.33.